The van der Waals surface area contributed by atoms with Crippen molar-refractivity contribution in [1.29, 1.82) is 0 Å². The summed E-state index contributed by atoms with van der Waals surface area (Å²) in [5.41, 5.74) is 8.82. The smallest absolute Gasteiger partial charge is 0.320 e. The van der Waals surface area contributed by atoms with Crippen LogP contribution in [0, 0.1) is 5.92 Å². The van der Waals surface area contributed by atoms with Crippen molar-refractivity contribution >= 4 is 11.9 Å². The lowest BCUT2D eigenvalue weighted by atomic mass is 9.73. The Labute approximate surface area is 291 Å². The number of hydrogen-bond acceptors (Lipinski definition) is 9. The van der Waals surface area contributed by atoms with Gasteiger partial charge < -0.3 is 29.4 Å². The Hall–Kier alpha value is -3.60. The monoisotopic (exact) mass is 674 g/mol. The van der Waals surface area contributed by atoms with Crippen LogP contribution in [-0.2, 0) is 53.1 Å². The van der Waals surface area contributed by atoms with E-state index in [0.29, 0.717) is 26.2 Å². The van der Waals surface area contributed by atoms with E-state index in [-0.39, 0.29) is 24.9 Å². The van der Waals surface area contributed by atoms with E-state index in [1.165, 1.54) is 0 Å². The molecular weight excluding hydrogens is 620 g/mol. The molecule has 1 aliphatic carbocycles. The molecule has 9 heteroatoms. The molecule has 0 amide bonds. The quantitative estimate of drug-likeness (QED) is 0.184. The second-order valence-electron chi connectivity index (χ2n) is 14.6. The number of hydrogen-bond donors (Lipinski definition) is 2. The average Bonchev–Trinajstić information content (AvgIpc) is 3.04. The normalized spacial score (nSPS) is 22.8. The molecule has 266 valence electrons. The van der Waals surface area contributed by atoms with Crippen LogP contribution in [0.5, 0.6) is 0 Å². The number of nitrogens with one attached hydrogen (secondary N) is 1. The molecular formula is C40H54N2O7. The lowest BCUT2D eigenvalue weighted by molar-refractivity contribution is -0.178. The van der Waals surface area contributed by atoms with Crippen LogP contribution in [0.2, 0.25) is 0 Å². The van der Waals surface area contributed by atoms with Crippen LogP contribution in [0.3, 0.4) is 0 Å². The standard InChI is InChI=1S/C40H54N2O7/c1-39(2,3)48-32(43)23-22-31-36(45-25-28-16-10-7-11-17-28)34(41)38(47-27-30-20-14-9-15-21-30)35(42-24-33(44)49-40(4,5)6)37(31)46-26-29-18-12-8-13-19-29/h7-21,31,34-38,42H,22-27,41H2,1-6H3/t31-,34+,35-,36+,37-,38+/m1/s1. The molecule has 0 aromatic heterocycles. The van der Waals surface area contributed by atoms with E-state index in [4.69, 9.17) is 29.4 Å². The zero-order valence-electron chi connectivity index (χ0n) is 29.8. The first-order chi connectivity index (χ1) is 23.3. The number of benzene rings is 3. The van der Waals surface area contributed by atoms with E-state index in [2.05, 4.69) is 5.32 Å². The molecule has 1 aliphatic rings. The number of carbonyl (C=O) groups excluding carboxylic acids is 2. The first-order valence-electron chi connectivity index (χ1n) is 17.2. The minimum atomic E-state index is -0.652. The molecule has 0 spiro atoms. The molecule has 4 rings (SSSR count). The van der Waals surface area contributed by atoms with Gasteiger partial charge in [-0.3, -0.25) is 14.9 Å². The lowest BCUT2D eigenvalue weighted by Crippen LogP contribution is -2.70. The molecule has 1 saturated carbocycles. The van der Waals surface area contributed by atoms with E-state index in [0.717, 1.165) is 16.7 Å². The second-order valence-corrected chi connectivity index (χ2v) is 14.6. The highest BCUT2D eigenvalue weighted by Gasteiger charge is 2.51. The second kappa shape index (κ2) is 17.9. The molecule has 49 heavy (non-hydrogen) atoms. The summed E-state index contributed by atoms with van der Waals surface area (Å²) in [4.78, 5) is 26.1. The number of nitrogens with two attached hydrogens (primary N) is 1. The van der Waals surface area contributed by atoms with Crippen molar-refractivity contribution < 1.29 is 33.3 Å². The molecule has 0 saturated heterocycles. The first-order valence-corrected chi connectivity index (χ1v) is 17.2. The predicted octanol–water partition coefficient (Wildman–Crippen LogP) is 6.12. The molecule has 3 aromatic rings. The summed E-state index contributed by atoms with van der Waals surface area (Å²) in [6.45, 7) is 11.9. The summed E-state index contributed by atoms with van der Waals surface area (Å²) < 4.78 is 31.4. The Morgan fingerprint density at radius 2 is 1.02 bits per heavy atom. The maximum absolute atomic E-state index is 13.1. The molecule has 3 N–H and O–H groups in total. The summed E-state index contributed by atoms with van der Waals surface area (Å²) in [5.74, 6) is -1.08. The summed E-state index contributed by atoms with van der Waals surface area (Å²) in [5, 5.41) is 3.42. The Kier molecular flexibility index (Phi) is 13.9. The van der Waals surface area contributed by atoms with Gasteiger partial charge >= 0.3 is 11.9 Å². The van der Waals surface area contributed by atoms with Crippen molar-refractivity contribution in [3.05, 3.63) is 108 Å². The fraction of sp³-hybridized carbons (Fsp3) is 0.500. The van der Waals surface area contributed by atoms with Crippen LogP contribution in [0.4, 0.5) is 0 Å². The van der Waals surface area contributed by atoms with Crippen molar-refractivity contribution in [2.45, 2.75) is 116 Å². The largest absolute Gasteiger partial charge is 0.460 e. The highest BCUT2D eigenvalue weighted by molar-refractivity contribution is 5.72. The molecule has 3 aromatic carbocycles. The molecule has 0 radical (unpaired) electrons. The zero-order valence-corrected chi connectivity index (χ0v) is 29.8. The predicted molar refractivity (Wildman–Crippen MR) is 189 cm³/mol. The summed E-state index contributed by atoms with van der Waals surface area (Å²) in [6.07, 6.45) is -1.21. The fourth-order valence-corrected chi connectivity index (χ4v) is 6.15. The van der Waals surface area contributed by atoms with Crippen LogP contribution < -0.4 is 11.1 Å². The van der Waals surface area contributed by atoms with Gasteiger partial charge in [-0.15, -0.1) is 0 Å². The number of esters is 2. The molecule has 0 aliphatic heterocycles. The van der Waals surface area contributed by atoms with Gasteiger partial charge in [0, 0.05) is 12.3 Å². The Balaban J connectivity index is 1.71. The van der Waals surface area contributed by atoms with Gasteiger partial charge in [-0.25, -0.2) is 0 Å². The minimum Gasteiger partial charge on any atom is -0.460 e. The lowest BCUT2D eigenvalue weighted by Gasteiger charge is -2.50. The van der Waals surface area contributed by atoms with E-state index >= 15 is 0 Å². The van der Waals surface area contributed by atoms with Gasteiger partial charge in [0.25, 0.3) is 0 Å². The van der Waals surface area contributed by atoms with Crippen molar-refractivity contribution in [2.24, 2.45) is 11.7 Å². The van der Waals surface area contributed by atoms with Crippen molar-refractivity contribution in [1.82, 2.24) is 5.32 Å². The molecule has 6 atom stereocenters. The summed E-state index contributed by atoms with van der Waals surface area (Å²) in [6, 6.07) is 28.5. The van der Waals surface area contributed by atoms with Crippen LogP contribution in [0.1, 0.15) is 71.1 Å². The molecule has 0 bridgehead atoms. The van der Waals surface area contributed by atoms with Gasteiger partial charge in [-0.2, -0.15) is 0 Å². The van der Waals surface area contributed by atoms with Crippen LogP contribution in [-0.4, -0.2) is 60.1 Å². The third-order valence-corrected chi connectivity index (χ3v) is 8.17. The average molecular weight is 675 g/mol. The van der Waals surface area contributed by atoms with Crippen molar-refractivity contribution in [3.63, 3.8) is 0 Å². The molecule has 0 unspecified atom stereocenters. The molecule has 1 fully saturated rings. The number of rotatable bonds is 15. The maximum Gasteiger partial charge on any atom is 0.320 e. The first kappa shape index (κ1) is 38.2. The summed E-state index contributed by atoms with van der Waals surface area (Å²) in [7, 11) is 0. The van der Waals surface area contributed by atoms with Gasteiger partial charge in [-0.05, 0) is 64.7 Å². The summed E-state index contributed by atoms with van der Waals surface area (Å²) >= 11 is 0. The number of carbonyl (C=O) groups is 2. The van der Waals surface area contributed by atoms with Gasteiger partial charge in [0.15, 0.2) is 0 Å². The van der Waals surface area contributed by atoms with Gasteiger partial charge in [-0.1, -0.05) is 91.0 Å². The fourth-order valence-electron chi connectivity index (χ4n) is 6.15. The van der Waals surface area contributed by atoms with Crippen molar-refractivity contribution in [3.8, 4) is 0 Å². The Bertz CT molecular complexity index is 1340. The zero-order chi connectivity index (χ0) is 35.4. The van der Waals surface area contributed by atoms with Crippen LogP contribution in [0.25, 0.3) is 0 Å². The minimum absolute atomic E-state index is 0.0840. The maximum atomic E-state index is 13.1. The van der Waals surface area contributed by atoms with Gasteiger partial charge in [0.2, 0.25) is 0 Å². The SMILES string of the molecule is CC(C)(C)OC(=O)CC[C@@H]1[C@H](OCc2ccccc2)[C@H](N)[C@H](OCc2ccccc2)[C@H](NCC(=O)OC(C)(C)C)[C@@H]1OCc1ccccc1. The van der Waals surface area contributed by atoms with Crippen LogP contribution >= 0.6 is 0 Å². The van der Waals surface area contributed by atoms with Gasteiger partial charge in [0.05, 0.1) is 56.8 Å². The number of ether oxygens (including phenoxy) is 5. The van der Waals surface area contributed by atoms with Gasteiger partial charge in [0.1, 0.15) is 11.2 Å². The Morgan fingerprint density at radius 1 is 0.612 bits per heavy atom. The van der Waals surface area contributed by atoms with E-state index in [9.17, 15) is 9.59 Å². The highest BCUT2D eigenvalue weighted by Crippen LogP contribution is 2.36. The third kappa shape index (κ3) is 12.7. The van der Waals surface area contributed by atoms with E-state index < -0.39 is 47.6 Å². The topological polar surface area (TPSA) is 118 Å². The third-order valence-electron chi connectivity index (χ3n) is 8.17. The van der Waals surface area contributed by atoms with Crippen molar-refractivity contribution in [2.75, 3.05) is 6.54 Å². The van der Waals surface area contributed by atoms with Crippen LogP contribution in [0.15, 0.2) is 91.0 Å². The van der Waals surface area contributed by atoms with E-state index in [1.54, 1.807) is 0 Å². The highest BCUT2D eigenvalue weighted by atomic mass is 16.6. The van der Waals surface area contributed by atoms with E-state index in [1.807, 2.05) is 133 Å². The molecule has 9 nitrogen and oxygen atoms in total. The Morgan fingerprint density at radius 3 is 1.47 bits per heavy atom. The molecule has 0 heterocycles.